The fraction of sp³-hybridized carbons (Fsp3) is 0.278. The number of pyridine rings is 1. The lowest BCUT2D eigenvalue weighted by Crippen LogP contribution is -2.44. The van der Waals surface area contributed by atoms with Crippen molar-refractivity contribution >= 4 is 5.91 Å². The minimum atomic E-state index is -0.159. The fourth-order valence-corrected chi connectivity index (χ4v) is 3.08. The van der Waals surface area contributed by atoms with Gasteiger partial charge in [-0.3, -0.25) is 9.78 Å². The maximum absolute atomic E-state index is 13.0. The van der Waals surface area contributed by atoms with E-state index >= 15 is 0 Å². The topological polar surface area (TPSA) is 73.4 Å². The summed E-state index contributed by atoms with van der Waals surface area (Å²) >= 11 is 0. The van der Waals surface area contributed by atoms with Crippen molar-refractivity contribution in [2.75, 3.05) is 19.8 Å². The smallest absolute Gasteiger partial charge is 0.276 e. The minimum absolute atomic E-state index is 0.139. The Balaban J connectivity index is 1.61. The Morgan fingerprint density at radius 2 is 2.24 bits per heavy atom. The van der Waals surface area contributed by atoms with Gasteiger partial charge in [0, 0.05) is 49.5 Å². The third kappa shape index (κ3) is 2.94. The summed E-state index contributed by atoms with van der Waals surface area (Å²) in [6.45, 7) is 1.50. The molecule has 3 aromatic rings. The van der Waals surface area contributed by atoms with Crippen molar-refractivity contribution in [3.63, 3.8) is 0 Å². The molecular formula is C18H18N4O3. The molecule has 1 aliphatic rings. The molecule has 0 aliphatic carbocycles. The number of aromatic nitrogens is 3. The highest BCUT2D eigenvalue weighted by atomic mass is 16.5. The molecule has 0 radical (unpaired) electrons. The van der Waals surface area contributed by atoms with E-state index in [9.17, 15) is 4.79 Å². The van der Waals surface area contributed by atoms with Crippen molar-refractivity contribution in [3.8, 4) is 11.3 Å². The van der Waals surface area contributed by atoms with Crippen LogP contribution in [0.5, 0.6) is 0 Å². The van der Waals surface area contributed by atoms with Crippen LogP contribution >= 0.6 is 0 Å². The van der Waals surface area contributed by atoms with Crippen LogP contribution in [0.2, 0.25) is 0 Å². The standard InChI is InChI=1S/C18H18N4O3/c1-21-7-3-5-15(21)16-12-24-9-8-22(16)18(23)14-10-17(25-20-14)13-4-2-6-19-11-13/h2-7,10-11,16H,8-9,12H2,1H3. The molecule has 0 spiro atoms. The Hall–Kier alpha value is -2.93. The minimum Gasteiger partial charge on any atom is -0.377 e. The number of amides is 1. The van der Waals surface area contributed by atoms with Crippen molar-refractivity contribution in [2.45, 2.75) is 6.04 Å². The molecular weight excluding hydrogens is 320 g/mol. The second-order valence-electron chi connectivity index (χ2n) is 5.95. The van der Waals surface area contributed by atoms with Gasteiger partial charge in [-0.1, -0.05) is 5.16 Å². The van der Waals surface area contributed by atoms with Gasteiger partial charge in [-0.2, -0.15) is 0 Å². The van der Waals surface area contributed by atoms with Gasteiger partial charge in [0.05, 0.1) is 19.3 Å². The summed E-state index contributed by atoms with van der Waals surface area (Å²) in [6.07, 6.45) is 5.32. The lowest BCUT2D eigenvalue weighted by molar-refractivity contribution is -0.00512. The largest absolute Gasteiger partial charge is 0.377 e. The first-order chi connectivity index (χ1) is 12.2. The van der Waals surface area contributed by atoms with Gasteiger partial charge in [-0.25, -0.2) is 0 Å². The van der Waals surface area contributed by atoms with Crippen molar-refractivity contribution < 1.29 is 14.1 Å². The van der Waals surface area contributed by atoms with Crippen LogP contribution < -0.4 is 0 Å². The van der Waals surface area contributed by atoms with Gasteiger partial charge in [0.2, 0.25) is 0 Å². The highest BCUT2D eigenvalue weighted by Crippen LogP contribution is 2.27. The lowest BCUT2D eigenvalue weighted by atomic mass is 10.1. The highest BCUT2D eigenvalue weighted by molar-refractivity contribution is 5.93. The zero-order valence-electron chi connectivity index (χ0n) is 13.8. The first-order valence-corrected chi connectivity index (χ1v) is 8.11. The molecule has 4 heterocycles. The Bertz CT molecular complexity index is 871. The number of ether oxygens (including phenoxy) is 1. The van der Waals surface area contributed by atoms with Gasteiger partial charge in [-0.05, 0) is 24.3 Å². The van der Waals surface area contributed by atoms with E-state index in [1.807, 2.05) is 42.1 Å². The number of carbonyl (C=O) groups excluding carboxylic acids is 1. The first-order valence-electron chi connectivity index (χ1n) is 8.11. The fourth-order valence-electron chi connectivity index (χ4n) is 3.08. The molecule has 128 valence electrons. The Morgan fingerprint density at radius 1 is 1.32 bits per heavy atom. The molecule has 0 saturated carbocycles. The normalized spacial score (nSPS) is 17.6. The van der Waals surface area contributed by atoms with Gasteiger partial charge in [0.15, 0.2) is 11.5 Å². The molecule has 7 heteroatoms. The summed E-state index contributed by atoms with van der Waals surface area (Å²) < 4.78 is 12.9. The van der Waals surface area contributed by atoms with E-state index in [1.165, 1.54) is 0 Å². The second-order valence-corrected chi connectivity index (χ2v) is 5.95. The summed E-state index contributed by atoms with van der Waals surface area (Å²) in [5, 5.41) is 3.96. The number of hydrogen-bond acceptors (Lipinski definition) is 5. The third-order valence-corrected chi connectivity index (χ3v) is 4.39. The Labute approximate surface area is 144 Å². The molecule has 1 saturated heterocycles. The predicted octanol–water partition coefficient (Wildman–Crippen LogP) is 2.29. The van der Waals surface area contributed by atoms with E-state index in [0.717, 1.165) is 11.3 Å². The van der Waals surface area contributed by atoms with E-state index in [4.69, 9.17) is 9.26 Å². The molecule has 1 amide bonds. The molecule has 3 aromatic heterocycles. The van der Waals surface area contributed by atoms with E-state index < -0.39 is 0 Å². The van der Waals surface area contributed by atoms with Crippen molar-refractivity contribution in [2.24, 2.45) is 7.05 Å². The number of rotatable bonds is 3. The molecule has 0 aromatic carbocycles. The van der Waals surface area contributed by atoms with Crippen LogP contribution in [0.25, 0.3) is 11.3 Å². The molecule has 1 aliphatic heterocycles. The summed E-state index contributed by atoms with van der Waals surface area (Å²) in [5.41, 5.74) is 2.11. The lowest BCUT2D eigenvalue weighted by Gasteiger charge is -2.35. The molecule has 0 bridgehead atoms. The number of nitrogens with zero attached hydrogens (tertiary/aromatic N) is 4. The molecule has 7 nitrogen and oxygen atoms in total. The molecule has 1 atom stereocenters. The first kappa shape index (κ1) is 15.6. The van der Waals surface area contributed by atoms with Crippen molar-refractivity contribution in [3.05, 3.63) is 60.3 Å². The van der Waals surface area contributed by atoms with E-state index in [-0.39, 0.29) is 11.9 Å². The zero-order valence-corrected chi connectivity index (χ0v) is 13.8. The number of morpholine rings is 1. The van der Waals surface area contributed by atoms with Crippen LogP contribution in [0.1, 0.15) is 22.2 Å². The summed E-state index contributed by atoms with van der Waals surface area (Å²) in [4.78, 5) is 18.8. The average molecular weight is 338 g/mol. The number of carbonyl (C=O) groups is 1. The van der Waals surface area contributed by atoms with Crippen molar-refractivity contribution in [1.29, 1.82) is 0 Å². The number of hydrogen-bond donors (Lipinski definition) is 0. The molecule has 4 rings (SSSR count). The highest BCUT2D eigenvalue weighted by Gasteiger charge is 2.32. The Morgan fingerprint density at radius 3 is 3.00 bits per heavy atom. The summed E-state index contributed by atoms with van der Waals surface area (Å²) in [7, 11) is 1.96. The predicted molar refractivity (Wildman–Crippen MR) is 89.7 cm³/mol. The van der Waals surface area contributed by atoms with Gasteiger partial charge in [0.25, 0.3) is 5.91 Å². The van der Waals surface area contributed by atoms with Crippen molar-refractivity contribution in [1.82, 2.24) is 19.6 Å². The van der Waals surface area contributed by atoms with Gasteiger partial charge in [0.1, 0.15) is 0 Å². The third-order valence-electron chi connectivity index (χ3n) is 4.39. The van der Waals surface area contributed by atoms with E-state index in [0.29, 0.717) is 31.2 Å². The molecule has 1 unspecified atom stereocenters. The van der Waals surface area contributed by atoms with Crippen LogP contribution in [0, 0.1) is 0 Å². The second kappa shape index (κ2) is 6.52. The van der Waals surface area contributed by atoms with E-state index in [2.05, 4.69) is 10.1 Å². The van der Waals surface area contributed by atoms with Crippen LogP contribution in [0.4, 0.5) is 0 Å². The zero-order chi connectivity index (χ0) is 17.2. The molecule has 25 heavy (non-hydrogen) atoms. The SMILES string of the molecule is Cn1cccc1C1COCCN1C(=O)c1cc(-c2cccnc2)on1. The average Bonchev–Trinajstić information content (AvgIpc) is 3.31. The quantitative estimate of drug-likeness (QED) is 0.732. The van der Waals surface area contributed by atoms with Gasteiger partial charge in [-0.15, -0.1) is 0 Å². The summed E-state index contributed by atoms with van der Waals surface area (Å²) in [6, 6.07) is 9.17. The molecule has 0 N–H and O–H groups in total. The van der Waals surface area contributed by atoms with Gasteiger partial charge < -0.3 is 18.7 Å². The summed E-state index contributed by atoms with van der Waals surface area (Å²) in [5.74, 6) is 0.369. The van der Waals surface area contributed by atoms with Crippen LogP contribution in [0.3, 0.4) is 0 Å². The van der Waals surface area contributed by atoms with Crippen LogP contribution in [-0.4, -0.2) is 45.3 Å². The van der Waals surface area contributed by atoms with Gasteiger partial charge >= 0.3 is 0 Å². The molecule has 1 fully saturated rings. The van der Waals surface area contributed by atoms with Crippen LogP contribution in [0.15, 0.2) is 53.4 Å². The van der Waals surface area contributed by atoms with Crippen LogP contribution in [-0.2, 0) is 11.8 Å². The monoisotopic (exact) mass is 338 g/mol. The Kier molecular flexibility index (Phi) is 4.07. The maximum atomic E-state index is 13.0. The maximum Gasteiger partial charge on any atom is 0.276 e. The van der Waals surface area contributed by atoms with E-state index in [1.54, 1.807) is 23.4 Å². The number of aryl methyl sites for hydroxylation is 1.